The van der Waals surface area contributed by atoms with Gasteiger partial charge in [0.25, 0.3) is 0 Å². The van der Waals surface area contributed by atoms with Crippen LogP contribution >= 0.6 is 0 Å². The number of fused-ring (bicyclic) bond motifs is 1. The smallest absolute Gasteiger partial charge is 0.231 e. The van der Waals surface area contributed by atoms with Crippen LogP contribution in [0.4, 0.5) is 0 Å². The highest BCUT2D eigenvalue weighted by atomic mass is 16.7. The monoisotopic (exact) mass is 248 g/mol. The second kappa shape index (κ2) is 5.16. The summed E-state index contributed by atoms with van der Waals surface area (Å²) < 4.78 is 10.7. The molecule has 98 valence electrons. The summed E-state index contributed by atoms with van der Waals surface area (Å²) in [4.78, 5) is 0. The Morgan fingerprint density at radius 1 is 1.17 bits per heavy atom. The molecule has 2 atom stereocenters. The van der Waals surface area contributed by atoms with Gasteiger partial charge in [0, 0.05) is 18.6 Å². The van der Waals surface area contributed by atoms with Crippen LogP contribution in [0.5, 0.6) is 11.5 Å². The van der Waals surface area contributed by atoms with E-state index < -0.39 is 0 Å². The summed E-state index contributed by atoms with van der Waals surface area (Å²) in [6.45, 7) is 1.18. The lowest BCUT2D eigenvalue weighted by atomic mass is 9.91. The highest BCUT2D eigenvalue weighted by Crippen LogP contribution is 2.32. The summed E-state index contributed by atoms with van der Waals surface area (Å²) >= 11 is 0. The van der Waals surface area contributed by atoms with Gasteiger partial charge in [0.1, 0.15) is 0 Å². The first kappa shape index (κ1) is 11.8. The Kier molecular flexibility index (Phi) is 3.39. The quantitative estimate of drug-likeness (QED) is 0.856. The van der Waals surface area contributed by atoms with Crippen LogP contribution in [0.15, 0.2) is 18.2 Å². The number of ether oxygens (including phenoxy) is 2. The zero-order valence-corrected chi connectivity index (χ0v) is 10.5. The Balaban J connectivity index is 1.59. The van der Waals surface area contributed by atoms with Crippen LogP contribution < -0.4 is 20.5 Å². The van der Waals surface area contributed by atoms with Crippen molar-refractivity contribution in [1.82, 2.24) is 5.32 Å². The van der Waals surface area contributed by atoms with E-state index in [0.717, 1.165) is 24.5 Å². The van der Waals surface area contributed by atoms with Crippen molar-refractivity contribution in [2.45, 2.75) is 44.3 Å². The first-order valence-electron chi connectivity index (χ1n) is 6.70. The molecule has 0 radical (unpaired) electrons. The average Bonchev–Trinajstić information content (AvgIpc) is 2.85. The molecule has 4 nitrogen and oxygen atoms in total. The molecular weight excluding hydrogens is 228 g/mol. The maximum atomic E-state index is 6.13. The van der Waals surface area contributed by atoms with Crippen LogP contribution in [0.1, 0.15) is 31.2 Å². The summed E-state index contributed by atoms with van der Waals surface area (Å²) in [5, 5.41) is 3.56. The molecule has 0 bridgehead atoms. The molecule has 1 saturated carbocycles. The van der Waals surface area contributed by atoms with Gasteiger partial charge in [-0.2, -0.15) is 0 Å². The molecule has 4 heteroatoms. The van der Waals surface area contributed by atoms with E-state index in [0.29, 0.717) is 18.9 Å². The zero-order valence-electron chi connectivity index (χ0n) is 10.5. The average molecular weight is 248 g/mol. The molecule has 1 aromatic rings. The fourth-order valence-corrected chi connectivity index (χ4v) is 2.71. The topological polar surface area (TPSA) is 56.5 Å². The molecular formula is C14H20N2O2. The SMILES string of the molecule is N[C@@H]1CCCC[C@H]1NCc1ccc2c(c1)OCO2. The lowest BCUT2D eigenvalue weighted by Crippen LogP contribution is -2.46. The van der Waals surface area contributed by atoms with E-state index >= 15 is 0 Å². The predicted octanol–water partition coefficient (Wildman–Crippen LogP) is 1.77. The second-order valence-corrected chi connectivity index (χ2v) is 5.12. The van der Waals surface area contributed by atoms with Gasteiger partial charge in [-0.1, -0.05) is 18.9 Å². The number of hydrogen-bond acceptors (Lipinski definition) is 4. The normalized spacial score (nSPS) is 26.3. The highest BCUT2D eigenvalue weighted by molar-refractivity contribution is 5.44. The number of nitrogens with two attached hydrogens (primary N) is 1. The maximum Gasteiger partial charge on any atom is 0.231 e. The van der Waals surface area contributed by atoms with E-state index in [1.54, 1.807) is 0 Å². The Morgan fingerprint density at radius 3 is 2.89 bits per heavy atom. The largest absolute Gasteiger partial charge is 0.454 e. The summed E-state index contributed by atoms with van der Waals surface area (Å²) in [7, 11) is 0. The molecule has 0 amide bonds. The molecule has 0 spiro atoms. The van der Waals surface area contributed by atoms with Gasteiger partial charge in [0.2, 0.25) is 6.79 Å². The highest BCUT2D eigenvalue weighted by Gasteiger charge is 2.21. The third-order valence-corrected chi connectivity index (χ3v) is 3.82. The standard InChI is InChI=1S/C14H20N2O2/c15-11-3-1-2-4-12(11)16-8-10-5-6-13-14(7-10)18-9-17-13/h5-7,11-12,16H,1-4,8-9,15H2/t11-,12-/m1/s1. The second-order valence-electron chi connectivity index (χ2n) is 5.12. The van der Waals surface area contributed by atoms with Crippen molar-refractivity contribution in [2.75, 3.05) is 6.79 Å². The van der Waals surface area contributed by atoms with Crippen molar-refractivity contribution >= 4 is 0 Å². The van der Waals surface area contributed by atoms with Gasteiger partial charge < -0.3 is 20.5 Å². The first-order valence-corrected chi connectivity index (χ1v) is 6.70. The van der Waals surface area contributed by atoms with Crippen LogP contribution in [0.2, 0.25) is 0 Å². The van der Waals surface area contributed by atoms with E-state index in [9.17, 15) is 0 Å². The third kappa shape index (κ3) is 2.44. The van der Waals surface area contributed by atoms with Crippen molar-refractivity contribution in [2.24, 2.45) is 5.73 Å². The predicted molar refractivity (Wildman–Crippen MR) is 69.6 cm³/mol. The Labute approximate surface area is 107 Å². The van der Waals surface area contributed by atoms with Gasteiger partial charge in [-0.05, 0) is 30.5 Å². The minimum absolute atomic E-state index is 0.299. The molecule has 2 aliphatic rings. The van der Waals surface area contributed by atoms with Gasteiger partial charge in [0.15, 0.2) is 11.5 Å². The van der Waals surface area contributed by atoms with Crippen molar-refractivity contribution in [1.29, 1.82) is 0 Å². The van der Waals surface area contributed by atoms with Crippen molar-refractivity contribution in [3.8, 4) is 11.5 Å². The maximum absolute atomic E-state index is 6.13. The minimum atomic E-state index is 0.299. The van der Waals surface area contributed by atoms with E-state index in [4.69, 9.17) is 15.2 Å². The van der Waals surface area contributed by atoms with E-state index in [-0.39, 0.29) is 0 Å². The fraction of sp³-hybridized carbons (Fsp3) is 0.571. The van der Waals surface area contributed by atoms with Crippen LogP contribution in [-0.2, 0) is 6.54 Å². The summed E-state index contributed by atoms with van der Waals surface area (Å²) in [5.74, 6) is 1.69. The molecule has 0 saturated heterocycles. The zero-order chi connectivity index (χ0) is 12.4. The molecule has 0 aromatic heterocycles. The first-order chi connectivity index (χ1) is 8.83. The Hall–Kier alpha value is -1.26. The van der Waals surface area contributed by atoms with Gasteiger partial charge in [-0.15, -0.1) is 0 Å². The summed E-state index contributed by atoms with van der Waals surface area (Å²) in [6.07, 6.45) is 4.88. The summed E-state index contributed by atoms with van der Waals surface area (Å²) in [5.41, 5.74) is 7.35. The van der Waals surface area contributed by atoms with Crippen LogP contribution in [0.25, 0.3) is 0 Å². The molecule has 1 fully saturated rings. The Bertz CT molecular complexity index is 422. The van der Waals surface area contributed by atoms with Gasteiger partial charge >= 0.3 is 0 Å². The molecule has 3 N–H and O–H groups in total. The molecule has 0 unspecified atom stereocenters. The molecule has 1 aliphatic heterocycles. The third-order valence-electron chi connectivity index (χ3n) is 3.82. The number of hydrogen-bond donors (Lipinski definition) is 2. The van der Waals surface area contributed by atoms with Crippen molar-refractivity contribution in [3.05, 3.63) is 23.8 Å². The van der Waals surface area contributed by atoms with Crippen molar-refractivity contribution < 1.29 is 9.47 Å². The minimum Gasteiger partial charge on any atom is -0.454 e. The van der Waals surface area contributed by atoms with Gasteiger partial charge in [0.05, 0.1) is 0 Å². The van der Waals surface area contributed by atoms with Crippen LogP contribution in [-0.4, -0.2) is 18.9 Å². The number of benzene rings is 1. The van der Waals surface area contributed by atoms with Crippen molar-refractivity contribution in [3.63, 3.8) is 0 Å². The fourth-order valence-electron chi connectivity index (χ4n) is 2.71. The summed E-state index contributed by atoms with van der Waals surface area (Å²) in [6, 6.07) is 6.84. The molecule has 18 heavy (non-hydrogen) atoms. The molecule has 1 aliphatic carbocycles. The van der Waals surface area contributed by atoms with Crippen LogP contribution in [0, 0.1) is 0 Å². The molecule has 1 heterocycles. The molecule has 1 aromatic carbocycles. The number of nitrogens with one attached hydrogen (secondary N) is 1. The molecule has 3 rings (SSSR count). The van der Waals surface area contributed by atoms with Gasteiger partial charge in [-0.25, -0.2) is 0 Å². The lowest BCUT2D eigenvalue weighted by molar-refractivity contribution is 0.174. The van der Waals surface area contributed by atoms with E-state index in [2.05, 4.69) is 11.4 Å². The van der Waals surface area contributed by atoms with E-state index in [1.165, 1.54) is 24.8 Å². The Morgan fingerprint density at radius 2 is 2.00 bits per heavy atom. The van der Waals surface area contributed by atoms with Gasteiger partial charge in [-0.3, -0.25) is 0 Å². The lowest BCUT2D eigenvalue weighted by Gasteiger charge is -2.29. The van der Waals surface area contributed by atoms with E-state index in [1.807, 2.05) is 12.1 Å². The number of rotatable bonds is 3. The van der Waals surface area contributed by atoms with Crippen LogP contribution in [0.3, 0.4) is 0 Å².